The van der Waals surface area contributed by atoms with Crippen LogP contribution in [0.1, 0.15) is 72.6 Å². The molecular weight excluding hydrogens is 256 g/mol. The lowest BCUT2D eigenvalue weighted by Gasteiger charge is -2.59. The average Bonchev–Trinajstić information content (AvgIpc) is 2.44. The molecule has 1 N–H and O–H groups in total. The van der Waals surface area contributed by atoms with E-state index in [-0.39, 0.29) is 6.61 Å². The molecule has 0 heterocycles. The van der Waals surface area contributed by atoms with E-state index < -0.39 is 0 Å². The fraction of sp³-hybridized carbons (Fsp3) is 0.800. The molecule has 120 valence electrons. The summed E-state index contributed by atoms with van der Waals surface area (Å²) >= 11 is 0. The highest BCUT2D eigenvalue weighted by molar-refractivity contribution is 5.19. The molecule has 21 heavy (non-hydrogen) atoms. The van der Waals surface area contributed by atoms with E-state index in [0.29, 0.717) is 10.8 Å². The third-order valence-corrected chi connectivity index (χ3v) is 7.06. The summed E-state index contributed by atoms with van der Waals surface area (Å²) in [5.41, 5.74) is 3.64. The molecule has 4 atom stereocenters. The normalized spacial score (nSPS) is 41.0. The number of aliphatic hydroxyl groups is 1. The highest BCUT2D eigenvalue weighted by Crippen LogP contribution is 2.62. The lowest BCUT2D eigenvalue weighted by Crippen LogP contribution is -2.50. The molecule has 2 aliphatic rings. The zero-order valence-electron chi connectivity index (χ0n) is 14.5. The molecule has 0 aliphatic heterocycles. The van der Waals surface area contributed by atoms with Crippen LogP contribution in [0.25, 0.3) is 0 Å². The molecule has 0 aromatic rings. The number of fused-ring (bicyclic) bond motifs is 1. The second kappa shape index (κ2) is 6.28. The number of allylic oxidation sites excluding steroid dienone is 2. The van der Waals surface area contributed by atoms with Gasteiger partial charge in [0.15, 0.2) is 0 Å². The van der Waals surface area contributed by atoms with Crippen molar-refractivity contribution in [1.82, 2.24) is 0 Å². The van der Waals surface area contributed by atoms with E-state index in [1.807, 2.05) is 6.08 Å². The molecule has 1 heteroatoms. The van der Waals surface area contributed by atoms with Crippen molar-refractivity contribution < 1.29 is 5.11 Å². The van der Waals surface area contributed by atoms with E-state index in [2.05, 4.69) is 34.3 Å². The zero-order chi connectivity index (χ0) is 15.7. The molecule has 2 fully saturated rings. The number of aliphatic hydroxyl groups excluding tert-OH is 1. The monoisotopic (exact) mass is 290 g/mol. The van der Waals surface area contributed by atoms with Gasteiger partial charge in [0.1, 0.15) is 0 Å². The third-order valence-electron chi connectivity index (χ3n) is 7.06. The summed E-state index contributed by atoms with van der Waals surface area (Å²) in [7, 11) is 0. The van der Waals surface area contributed by atoms with Crippen molar-refractivity contribution >= 4 is 0 Å². The van der Waals surface area contributed by atoms with Crippen LogP contribution in [0.4, 0.5) is 0 Å². The first-order chi connectivity index (χ1) is 9.84. The van der Waals surface area contributed by atoms with Gasteiger partial charge in [0.2, 0.25) is 0 Å². The first-order valence-electron chi connectivity index (χ1n) is 8.79. The van der Waals surface area contributed by atoms with Gasteiger partial charge < -0.3 is 5.11 Å². The minimum Gasteiger partial charge on any atom is -0.392 e. The molecule has 0 radical (unpaired) electrons. The number of rotatable bonds is 4. The van der Waals surface area contributed by atoms with Crippen molar-refractivity contribution in [3.8, 4) is 0 Å². The fourth-order valence-electron chi connectivity index (χ4n) is 5.11. The molecule has 2 aliphatic carbocycles. The Bertz CT molecular complexity index is 422. The van der Waals surface area contributed by atoms with Crippen molar-refractivity contribution in [3.05, 3.63) is 23.8 Å². The predicted octanol–water partition coefficient (Wildman–Crippen LogP) is 5.50. The highest BCUT2D eigenvalue weighted by atomic mass is 16.2. The second-order valence-corrected chi connectivity index (χ2v) is 8.14. The first-order valence-corrected chi connectivity index (χ1v) is 8.79. The smallest absolute Gasteiger partial charge is 0.0614 e. The number of hydrogen-bond acceptors (Lipinski definition) is 1. The maximum atomic E-state index is 9.07. The summed E-state index contributed by atoms with van der Waals surface area (Å²) in [6, 6.07) is 0. The van der Waals surface area contributed by atoms with Gasteiger partial charge in [0.25, 0.3) is 0 Å². The van der Waals surface area contributed by atoms with Crippen LogP contribution in [0.15, 0.2) is 23.8 Å². The molecule has 0 aromatic heterocycles. The Hall–Kier alpha value is -0.560. The van der Waals surface area contributed by atoms with Crippen LogP contribution in [0.5, 0.6) is 0 Å². The zero-order valence-corrected chi connectivity index (χ0v) is 14.5. The van der Waals surface area contributed by atoms with Crippen molar-refractivity contribution in [3.63, 3.8) is 0 Å². The van der Waals surface area contributed by atoms with Gasteiger partial charge in [0.05, 0.1) is 6.61 Å². The highest BCUT2D eigenvalue weighted by Gasteiger charge is 2.53. The standard InChI is InChI=1S/C20H34O/c1-15(11-14-21)9-12-19(4)17(3)10-13-20(5)16(2)7-6-8-18(19)20/h11,17-18,21H,2,6-10,12-14H2,1,3-5H3/b15-11+/t17-,18+,19+,20+/m0/s1. The van der Waals surface area contributed by atoms with Gasteiger partial charge in [-0.15, -0.1) is 0 Å². The molecule has 1 nitrogen and oxygen atoms in total. The molecule has 0 saturated heterocycles. The molecule has 2 rings (SSSR count). The van der Waals surface area contributed by atoms with E-state index in [0.717, 1.165) is 18.3 Å². The first kappa shape index (κ1) is 16.8. The van der Waals surface area contributed by atoms with Crippen molar-refractivity contribution in [1.29, 1.82) is 0 Å². The van der Waals surface area contributed by atoms with Crippen LogP contribution in [-0.4, -0.2) is 11.7 Å². The maximum Gasteiger partial charge on any atom is 0.0614 e. The third kappa shape index (κ3) is 2.99. The summed E-state index contributed by atoms with van der Waals surface area (Å²) in [4.78, 5) is 0. The Labute approximate surface area is 131 Å². The van der Waals surface area contributed by atoms with Gasteiger partial charge in [-0.1, -0.05) is 44.6 Å². The van der Waals surface area contributed by atoms with E-state index in [4.69, 9.17) is 5.11 Å². The molecular formula is C20H34O. The van der Waals surface area contributed by atoms with Crippen molar-refractivity contribution in [2.24, 2.45) is 22.7 Å². The van der Waals surface area contributed by atoms with E-state index >= 15 is 0 Å². The molecule has 0 bridgehead atoms. The minimum atomic E-state index is 0.177. The molecule has 0 unspecified atom stereocenters. The van der Waals surface area contributed by atoms with Gasteiger partial charge in [-0.3, -0.25) is 0 Å². The van der Waals surface area contributed by atoms with Crippen LogP contribution in [0, 0.1) is 22.7 Å². The van der Waals surface area contributed by atoms with Crippen LogP contribution in [0.2, 0.25) is 0 Å². The van der Waals surface area contributed by atoms with E-state index in [9.17, 15) is 0 Å². The van der Waals surface area contributed by atoms with Gasteiger partial charge in [-0.25, -0.2) is 0 Å². The Morgan fingerprint density at radius 1 is 1.38 bits per heavy atom. The minimum absolute atomic E-state index is 0.177. The lowest BCUT2D eigenvalue weighted by molar-refractivity contribution is -0.0543. The molecule has 0 spiro atoms. The summed E-state index contributed by atoms with van der Waals surface area (Å²) in [5.74, 6) is 1.58. The average molecular weight is 290 g/mol. The van der Waals surface area contributed by atoms with Crippen molar-refractivity contribution in [2.75, 3.05) is 6.61 Å². The topological polar surface area (TPSA) is 20.2 Å². The molecule has 2 saturated carbocycles. The fourth-order valence-corrected chi connectivity index (χ4v) is 5.11. The Kier molecular flexibility index (Phi) is 5.03. The Morgan fingerprint density at radius 3 is 2.76 bits per heavy atom. The van der Waals surface area contributed by atoms with Crippen LogP contribution >= 0.6 is 0 Å². The van der Waals surface area contributed by atoms with E-state index in [1.54, 1.807) is 0 Å². The van der Waals surface area contributed by atoms with Gasteiger partial charge in [-0.2, -0.15) is 0 Å². The van der Waals surface area contributed by atoms with Crippen LogP contribution in [-0.2, 0) is 0 Å². The second-order valence-electron chi connectivity index (χ2n) is 8.14. The SMILES string of the molecule is C=C1CCC[C@@H]2[C@](C)(CC/C(C)=C/CO)[C@@H](C)CC[C@]12C. The Morgan fingerprint density at radius 2 is 2.10 bits per heavy atom. The lowest BCUT2D eigenvalue weighted by atomic mass is 9.46. The Balaban J connectivity index is 2.21. The summed E-state index contributed by atoms with van der Waals surface area (Å²) < 4.78 is 0. The molecule has 0 aromatic carbocycles. The largest absolute Gasteiger partial charge is 0.392 e. The summed E-state index contributed by atoms with van der Waals surface area (Å²) in [6.45, 7) is 14.3. The quantitative estimate of drug-likeness (QED) is 0.677. The molecule has 0 amide bonds. The van der Waals surface area contributed by atoms with Crippen molar-refractivity contribution in [2.45, 2.75) is 72.6 Å². The van der Waals surface area contributed by atoms with Gasteiger partial charge in [0, 0.05) is 0 Å². The summed E-state index contributed by atoms with van der Waals surface area (Å²) in [5, 5.41) is 9.07. The van der Waals surface area contributed by atoms with Crippen LogP contribution in [0.3, 0.4) is 0 Å². The summed E-state index contributed by atoms with van der Waals surface area (Å²) in [6.07, 6.45) is 11.0. The van der Waals surface area contributed by atoms with Gasteiger partial charge in [-0.05, 0) is 74.5 Å². The van der Waals surface area contributed by atoms with Crippen LogP contribution < -0.4 is 0 Å². The predicted molar refractivity (Wildman–Crippen MR) is 91.2 cm³/mol. The van der Waals surface area contributed by atoms with E-state index in [1.165, 1.54) is 49.7 Å². The maximum absolute atomic E-state index is 9.07. The number of hydrogen-bond donors (Lipinski definition) is 1. The van der Waals surface area contributed by atoms with Gasteiger partial charge >= 0.3 is 0 Å².